The summed E-state index contributed by atoms with van der Waals surface area (Å²) in [5, 5.41) is 0. The third kappa shape index (κ3) is 5.96. The Bertz CT molecular complexity index is 1010. The number of hydrogen-bond acceptors (Lipinski definition) is 4. The van der Waals surface area contributed by atoms with E-state index < -0.39 is 29.6 Å². The van der Waals surface area contributed by atoms with E-state index in [0.717, 1.165) is 10.5 Å². The maximum Gasteiger partial charge on any atom is 0.471 e. The molecule has 1 saturated heterocycles. The second kappa shape index (κ2) is 10.3. The van der Waals surface area contributed by atoms with E-state index in [1.807, 2.05) is 36.4 Å². The number of para-hydroxylation sites is 1. The first kappa shape index (κ1) is 25.0. The summed E-state index contributed by atoms with van der Waals surface area (Å²) in [6, 6.07) is 17.5. The quantitative estimate of drug-likeness (QED) is 0.556. The Kier molecular flexibility index (Phi) is 7.35. The van der Waals surface area contributed by atoms with E-state index in [2.05, 4.69) is 0 Å². The minimum atomic E-state index is -4.96. The topological polar surface area (TPSA) is 59.1 Å². The lowest BCUT2D eigenvalue weighted by Gasteiger charge is -2.44. The normalized spacial score (nSPS) is 21.3. The number of likely N-dealkylation sites (tertiary alicyclic amines) is 1. The summed E-state index contributed by atoms with van der Waals surface area (Å²) >= 11 is 0. The number of ether oxygens (including phenoxy) is 2. The van der Waals surface area contributed by atoms with Crippen molar-refractivity contribution < 1.29 is 32.2 Å². The Morgan fingerprint density at radius 3 is 2.20 bits per heavy atom. The van der Waals surface area contributed by atoms with Gasteiger partial charge in [-0.25, -0.2) is 4.79 Å². The van der Waals surface area contributed by atoms with Crippen LogP contribution >= 0.6 is 0 Å². The highest BCUT2D eigenvalue weighted by atomic mass is 19.4. The monoisotopic (exact) mass is 490 g/mol. The van der Waals surface area contributed by atoms with Crippen LogP contribution in [0.5, 0.6) is 5.75 Å². The Morgan fingerprint density at radius 1 is 1.03 bits per heavy atom. The summed E-state index contributed by atoms with van der Waals surface area (Å²) in [5.74, 6) is -1.51. The smallest absolute Gasteiger partial charge is 0.410 e. The molecule has 0 N–H and O–H groups in total. The van der Waals surface area contributed by atoms with Crippen LogP contribution in [0.2, 0.25) is 0 Å². The molecule has 2 aromatic rings. The number of carbonyl (C=O) groups excluding carboxylic acids is 2. The molecular formula is C26H29F3N2O4. The number of piperidine rings is 1. The summed E-state index contributed by atoms with van der Waals surface area (Å²) in [4.78, 5) is 27.6. The van der Waals surface area contributed by atoms with Crippen LogP contribution in [0.15, 0.2) is 60.7 Å². The van der Waals surface area contributed by atoms with Crippen molar-refractivity contribution in [1.82, 2.24) is 9.80 Å². The van der Waals surface area contributed by atoms with Crippen molar-refractivity contribution in [2.45, 2.75) is 37.4 Å². The predicted octanol–water partition coefficient (Wildman–Crippen LogP) is 4.86. The molecule has 4 rings (SSSR count). The van der Waals surface area contributed by atoms with Crippen molar-refractivity contribution in [2.75, 3.05) is 33.4 Å². The zero-order valence-electron chi connectivity index (χ0n) is 19.5. The third-order valence-electron chi connectivity index (χ3n) is 6.88. The lowest BCUT2D eigenvalue weighted by atomic mass is 9.78. The summed E-state index contributed by atoms with van der Waals surface area (Å²) in [7, 11) is 1.50. The van der Waals surface area contributed by atoms with Gasteiger partial charge in [0.05, 0.1) is 6.61 Å². The number of rotatable bonds is 7. The van der Waals surface area contributed by atoms with Crippen LogP contribution in [0, 0.1) is 5.41 Å². The molecule has 0 aromatic heterocycles. The zero-order chi connectivity index (χ0) is 25.1. The number of alkyl halides is 3. The minimum Gasteiger partial charge on any atom is -0.410 e. The summed E-state index contributed by atoms with van der Waals surface area (Å²) in [5.41, 5.74) is 0.236. The van der Waals surface area contributed by atoms with Gasteiger partial charge in [-0.1, -0.05) is 48.5 Å². The molecule has 1 unspecified atom stereocenters. The van der Waals surface area contributed by atoms with Gasteiger partial charge in [-0.3, -0.25) is 4.79 Å². The van der Waals surface area contributed by atoms with E-state index >= 15 is 0 Å². The molecule has 2 fully saturated rings. The van der Waals surface area contributed by atoms with Crippen molar-refractivity contribution >= 4 is 12.0 Å². The first-order valence-electron chi connectivity index (χ1n) is 11.7. The third-order valence-corrected chi connectivity index (χ3v) is 6.88. The van der Waals surface area contributed by atoms with Crippen LogP contribution in [0.1, 0.15) is 30.7 Å². The van der Waals surface area contributed by atoms with E-state index in [9.17, 15) is 22.8 Å². The molecule has 2 atom stereocenters. The lowest BCUT2D eigenvalue weighted by Crippen LogP contribution is -2.54. The van der Waals surface area contributed by atoms with Crippen molar-refractivity contribution in [3.63, 3.8) is 0 Å². The largest absolute Gasteiger partial charge is 0.471 e. The van der Waals surface area contributed by atoms with E-state index in [0.29, 0.717) is 38.1 Å². The Morgan fingerprint density at radius 2 is 1.63 bits per heavy atom. The van der Waals surface area contributed by atoms with Crippen LogP contribution in [0.3, 0.4) is 0 Å². The highest BCUT2D eigenvalue weighted by Crippen LogP contribution is 2.47. The van der Waals surface area contributed by atoms with E-state index in [1.54, 1.807) is 29.2 Å². The molecule has 1 heterocycles. The fourth-order valence-electron chi connectivity index (χ4n) is 4.92. The molecule has 2 amide bonds. The number of carbonyl (C=O) groups is 2. The van der Waals surface area contributed by atoms with Crippen molar-refractivity contribution in [3.05, 3.63) is 66.2 Å². The molecule has 9 heteroatoms. The van der Waals surface area contributed by atoms with Crippen molar-refractivity contribution in [1.29, 1.82) is 0 Å². The van der Waals surface area contributed by atoms with Gasteiger partial charge in [0.1, 0.15) is 5.75 Å². The van der Waals surface area contributed by atoms with Crippen LogP contribution < -0.4 is 4.74 Å². The van der Waals surface area contributed by atoms with Crippen molar-refractivity contribution in [2.24, 2.45) is 5.41 Å². The van der Waals surface area contributed by atoms with Crippen LogP contribution in [-0.2, 0) is 9.53 Å². The van der Waals surface area contributed by atoms with Gasteiger partial charge in [0.25, 0.3) is 0 Å². The Labute approximate surface area is 202 Å². The first-order chi connectivity index (χ1) is 16.7. The highest BCUT2D eigenvalue weighted by Gasteiger charge is 2.54. The number of hydrogen-bond donors (Lipinski definition) is 0. The Balaban J connectivity index is 1.46. The van der Waals surface area contributed by atoms with E-state index in [1.165, 1.54) is 7.11 Å². The van der Waals surface area contributed by atoms with Gasteiger partial charge in [-0.15, -0.1) is 0 Å². The van der Waals surface area contributed by atoms with Gasteiger partial charge in [-0.2, -0.15) is 13.2 Å². The number of amides is 2. The maximum atomic E-state index is 13.6. The SMILES string of the molecule is COCC1(CN(C(=O)C(F)(F)F)[C@@H]2CC2c2ccccc2)CCN(C(=O)Oc2ccccc2)CC1. The number of halogens is 3. The van der Waals surface area contributed by atoms with Gasteiger partial charge in [-0.05, 0) is 37.0 Å². The van der Waals surface area contributed by atoms with E-state index in [-0.39, 0.29) is 19.1 Å². The van der Waals surface area contributed by atoms with Gasteiger partial charge in [0.2, 0.25) is 0 Å². The van der Waals surface area contributed by atoms with Gasteiger partial charge < -0.3 is 19.3 Å². The number of nitrogens with zero attached hydrogens (tertiary/aromatic N) is 2. The molecule has 1 saturated carbocycles. The molecule has 6 nitrogen and oxygen atoms in total. The summed E-state index contributed by atoms with van der Waals surface area (Å²) < 4.78 is 51.5. The predicted molar refractivity (Wildman–Crippen MR) is 123 cm³/mol. The lowest BCUT2D eigenvalue weighted by molar-refractivity contribution is -0.188. The van der Waals surface area contributed by atoms with Crippen LogP contribution in [0.4, 0.5) is 18.0 Å². The van der Waals surface area contributed by atoms with Crippen molar-refractivity contribution in [3.8, 4) is 5.75 Å². The van der Waals surface area contributed by atoms with E-state index in [4.69, 9.17) is 9.47 Å². The average Bonchev–Trinajstić information content (AvgIpc) is 3.64. The molecule has 1 aliphatic carbocycles. The average molecular weight is 491 g/mol. The standard InChI is InChI=1S/C26H29F3N2O4/c1-34-18-25(12-14-30(15-13-25)24(33)35-20-10-6-3-7-11-20)17-31(23(32)26(27,28)29)22-16-21(22)19-8-4-2-5-9-19/h2-11,21-22H,12-18H2,1H3/t21?,22-/m1/s1. The second-order valence-corrected chi connectivity index (χ2v) is 9.35. The summed E-state index contributed by atoms with van der Waals surface area (Å²) in [6.07, 6.45) is -4.18. The zero-order valence-corrected chi connectivity index (χ0v) is 19.5. The van der Waals surface area contributed by atoms with Gasteiger partial charge in [0.15, 0.2) is 0 Å². The molecule has 35 heavy (non-hydrogen) atoms. The molecule has 2 aromatic carbocycles. The van der Waals surface area contributed by atoms with Gasteiger partial charge >= 0.3 is 18.2 Å². The molecule has 188 valence electrons. The Hall–Kier alpha value is -3.07. The minimum absolute atomic E-state index is 0.0746. The fraction of sp³-hybridized carbons (Fsp3) is 0.462. The van der Waals surface area contributed by atoms with Crippen LogP contribution in [-0.4, -0.2) is 67.4 Å². The maximum absolute atomic E-state index is 13.6. The molecule has 0 radical (unpaired) electrons. The van der Waals surface area contributed by atoms with Gasteiger partial charge in [0, 0.05) is 44.1 Å². The first-order valence-corrected chi connectivity index (χ1v) is 11.7. The molecular weight excluding hydrogens is 461 g/mol. The fourth-order valence-corrected chi connectivity index (χ4v) is 4.92. The molecule has 2 aliphatic rings. The highest BCUT2D eigenvalue weighted by molar-refractivity contribution is 5.82. The second-order valence-electron chi connectivity index (χ2n) is 9.35. The van der Waals surface area contributed by atoms with Crippen LogP contribution in [0.25, 0.3) is 0 Å². The molecule has 1 aliphatic heterocycles. The molecule has 0 bridgehead atoms. The summed E-state index contributed by atoms with van der Waals surface area (Å²) in [6.45, 7) is 0.722. The molecule has 0 spiro atoms. The number of benzene rings is 2. The number of methoxy groups -OCH3 is 1.